The van der Waals surface area contributed by atoms with Crippen LogP contribution in [-0.2, 0) is 6.42 Å². The number of hydrogen-bond acceptors (Lipinski definition) is 6. The zero-order chi connectivity index (χ0) is 19.5. The molecule has 5 nitrogen and oxygen atoms in total. The van der Waals surface area contributed by atoms with Gasteiger partial charge in [-0.25, -0.2) is 4.98 Å². The fourth-order valence-electron chi connectivity index (χ4n) is 3.18. The molecular weight excluding hydrogens is 372 g/mol. The van der Waals surface area contributed by atoms with Crippen molar-refractivity contribution in [2.24, 2.45) is 4.99 Å². The van der Waals surface area contributed by atoms with Gasteiger partial charge in [0.25, 0.3) is 0 Å². The molecular formula is C22H20N2O3S. The molecule has 1 aromatic heterocycles. The topological polar surface area (TPSA) is 60.8 Å². The normalized spacial score (nSPS) is 12.8. The largest absolute Gasteiger partial charge is 0.496 e. The summed E-state index contributed by atoms with van der Waals surface area (Å²) >= 11 is 1.38. The molecule has 0 fully saturated rings. The van der Waals surface area contributed by atoms with Crippen LogP contribution < -0.4 is 9.47 Å². The number of nitrogens with zero attached hydrogens (tertiary/aromatic N) is 2. The molecule has 0 amide bonds. The minimum Gasteiger partial charge on any atom is -0.496 e. The third-order valence-corrected chi connectivity index (χ3v) is 5.81. The predicted molar refractivity (Wildman–Crippen MR) is 111 cm³/mol. The lowest BCUT2D eigenvalue weighted by Crippen LogP contribution is -2.03. The van der Waals surface area contributed by atoms with Gasteiger partial charge in [-0.2, -0.15) is 0 Å². The molecule has 2 aromatic carbocycles. The number of aromatic nitrogens is 1. The highest BCUT2D eigenvalue weighted by atomic mass is 32.1. The number of carbonyl (C=O) groups is 1. The Labute approximate surface area is 167 Å². The van der Waals surface area contributed by atoms with Gasteiger partial charge >= 0.3 is 0 Å². The van der Waals surface area contributed by atoms with Gasteiger partial charge in [-0.3, -0.25) is 9.79 Å². The summed E-state index contributed by atoms with van der Waals surface area (Å²) in [5, 5.41) is 0.779. The molecule has 28 heavy (non-hydrogen) atoms. The van der Waals surface area contributed by atoms with Crippen LogP contribution in [-0.4, -0.2) is 37.2 Å². The molecule has 0 spiro atoms. The van der Waals surface area contributed by atoms with Crippen LogP contribution in [0.1, 0.15) is 26.5 Å². The number of benzene rings is 2. The summed E-state index contributed by atoms with van der Waals surface area (Å²) in [6, 6.07) is 13.7. The molecule has 0 unspecified atom stereocenters. The van der Waals surface area contributed by atoms with Gasteiger partial charge in [-0.15, -0.1) is 11.3 Å². The first-order valence-corrected chi connectivity index (χ1v) is 9.87. The Morgan fingerprint density at radius 3 is 3.04 bits per heavy atom. The van der Waals surface area contributed by atoms with Gasteiger partial charge in [0.05, 0.1) is 29.9 Å². The Morgan fingerprint density at radius 1 is 1.32 bits per heavy atom. The fraction of sp³-hybridized carbons (Fsp3) is 0.227. The van der Waals surface area contributed by atoms with Crippen molar-refractivity contribution >= 4 is 23.3 Å². The van der Waals surface area contributed by atoms with Crippen LogP contribution >= 0.6 is 11.3 Å². The Hall–Kier alpha value is -2.99. The molecule has 142 valence electrons. The highest BCUT2D eigenvalue weighted by Crippen LogP contribution is 2.34. The number of aliphatic imine (C=N–C) groups is 1. The van der Waals surface area contributed by atoms with Gasteiger partial charge in [0.1, 0.15) is 23.1 Å². The van der Waals surface area contributed by atoms with E-state index < -0.39 is 0 Å². The lowest BCUT2D eigenvalue weighted by molar-refractivity contribution is 0.100. The van der Waals surface area contributed by atoms with Crippen molar-refractivity contribution < 1.29 is 14.3 Å². The Bertz CT molecular complexity index is 1060. The number of hydrogen-bond donors (Lipinski definition) is 0. The standard InChI is InChI=1S/C22H20N2O3S/c1-14-21(28-22(24-14)17-5-3-4-6-20(17)26-2)18(25)13-23-12-15-7-8-19-16(11-15)9-10-27-19/h3-8,11-12H,9-10,13H2,1-2H3. The smallest absolute Gasteiger partial charge is 0.196 e. The van der Waals surface area contributed by atoms with Gasteiger partial charge in [-0.05, 0) is 48.4 Å². The van der Waals surface area contributed by atoms with E-state index in [-0.39, 0.29) is 12.3 Å². The van der Waals surface area contributed by atoms with Crippen LogP contribution in [0.25, 0.3) is 10.6 Å². The maximum atomic E-state index is 12.6. The van der Waals surface area contributed by atoms with Crippen molar-refractivity contribution in [3.05, 3.63) is 64.2 Å². The second-order valence-corrected chi connectivity index (χ2v) is 7.49. The fourth-order valence-corrected chi connectivity index (χ4v) is 4.21. The lowest BCUT2D eigenvalue weighted by Gasteiger charge is -2.04. The first-order valence-electron chi connectivity index (χ1n) is 9.05. The van der Waals surface area contributed by atoms with E-state index in [9.17, 15) is 4.79 Å². The summed E-state index contributed by atoms with van der Waals surface area (Å²) in [4.78, 5) is 22.2. The first-order chi connectivity index (χ1) is 13.7. The Morgan fingerprint density at radius 2 is 2.18 bits per heavy atom. The molecule has 0 saturated carbocycles. The molecule has 0 radical (unpaired) electrons. The van der Waals surface area contributed by atoms with E-state index in [2.05, 4.69) is 16.0 Å². The summed E-state index contributed by atoms with van der Waals surface area (Å²) in [5.74, 6) is 1.66. The van der Waals surface area contributed by atoms with Gasteiger partial charge in [0.2, 0.25) is 0 Å². The number of aryl methyl sites for hydroxylation is 1. The summed E-state index contributed by atoms with van der Waals surface area (Å²) in [6.07, 6.45) is 2.66. The van der Waals surface area contributed by atoms with Crippen molar-refractivity contribution in [3.63, 3.8) is 0 Å². The average molecular weight is 392 g/mol. The molecule has 2 heterocycles. The third-order valence-electron chi connectivity index (χ3n) is 4.58. The third kappa shape index (κ3) is 3.68. The molecule has 0 aliphatic carbocycles. The number of thiazole rings is 1. The molecule has 0 saturated heterocycles. The highest BCUT2D eigenvalue weighted by Gasteiger charge is 2.17. The number of fused-ring (bicyclic) bond motifs is 1. The van der Waals surface area contributed by atoms with Gasteiger partial charge in [-0.1, -0.05) is 12.1 Å². The van der Waals surface area contributed by atoms with Crippen LogP contribution in [0.4, 0.5) is 0 Å². The van der Waals surface area contributed by atoms with E-state index in [1.807, 2.05) is 43.3 Å². The van der Waals surface area contributed by atoms with Crippen molar-refractivity contribution in [2.45, 2.75) is 13.3 Å². The quantitative estimate of drug-likeness (QED) is 0.462. The summed E-state index contributed by atoms with van der Waals surface area (Å²) < 4.78 is 10.9. The first kappa shape index (κ1) is 18.4. The molecule has 0 atom stereocenters. The number of rotatable bonds is 6. The average Bonchev–Trinajstić information content (AvgIpc) is 3.33. The van der Waals surface area contributed by atoms with E-state index in [1.165, 1.54) is 16.9 Å². The molecule has 1 aliphatic heterocycles. The van der Waals surface area contributed by atoms with Gasteiger partial charge < -0.3 is 9.47 Å². The van der Waals surface area contributed by atoms with Crippen molar-refractivity contribution in [1.82, 2.24) is 4.98 Å². The van der Waals surface area contributed by atoms with Gasteiger partial charge in [0, 0.05) is 12.6 Å². The number of ketones is 1. The van der Waals surface area contributed by atoms with Crippen molar-refractivity contribution in [1.29, 1.82) is 0 Å². The van der Waals surface area contributed by atoms with Crippen molar-refractivity contribution in [3.8, 4) is 22.1 Å². The number of Topliss-reactive ketones (excluding diaryl/α,β-unsaturated/α-hetero) is 1. The van der Waals surface area contributed by atoms with E-state index in [0.717, 1.165) is 46.4 Å². The maximum absolute atomic E-state index is 12.6. The monoisotopic (exact) mass is 392 g/mol. The highest BCUT2D eigenvalue weighted by molar-refractivity contribution is 7.17. The van der Waals surface area contributed by atoms with Crippen molar-refractivity contribution in [2.75, 3.05) is 20.3 Å². The Balaban J connectivity index is 1.49. The molecule has 0 bridgehead atoms. The maximum Gasteiger partial charge on any atom is 0.196 e. The minimum absolute atomic E-state index is 0.0307. The zero-order valence-corrected chi connectivity index (χ0v) is 16.6. The summed E-state index contributed by atoms with van der Waals surface area (Å²) in [6.45, 7) is 2.68. The Kier molecular flexibility index (Phi) is 5.21. The number of para-hydroxylation sites is 1. The van der Waals surface area contributed by atoms with E-state index >= 15 is 0 Å². The molecule has 6 heteroatoms. The van der Waals surface area contributed by atoms with Crippen LogP contribution in [0.2, 0.25) is 0 Å². The number of ether oxygens (including phenoxy) is 2. The van der Waals surface area contributed by atoms with E-state index in [0.29, 0.717) is 4.88 Å². The molecule has 4 rings (SSSR count). The lowest BCUT2D eigenvalue weighted by atomic mass is 10.1. The number of carbonyl (C=O) groups excluding carboxylic acids is 1. The number of methoxy groups -OCH3 is 1. The van der Waals surface area contributed by atoms with E-state index in [1.54, 1.807) is 13.3 Å². The van der Waals surface area contributed by atoms with Crippen LogP contribution in [0, 0.1) is 6.92 Å². The predicted octanol–water partition coefficient (Wildman–Crippen LogP) is 4.36. The van der Waals surface area contributed by atoms with Crippen LogP contribution in [0.5, 0.6) is 11.5 Å². The van der Waals surface area contributed by atoms with Gasteiger partial charge in [0.15, 0.2) is 5.78 Å². The second-order valence-electron chi connectivity index (χ2n) is 6.49. The second kappa shape index (κ2) is 7.94. The minimum atomic E-state index is -0.0307. The van der Waals surface area contributed by atoms with Crippen LogP contribution in [0.3, 0.4) is 0 Å². The SMILES string of the molecule is COc1ccccc1-c1nc(C)c(C(=O)CN=Cc2ccc3c(c2)CCO3)s1. The summed E-state index contributed by atoms with van der Waals surface area (Å²) in [5.41, 5.74) is 3.78. The van der Waals surface area contributed by atoms with Crippen LogP contribution in [0.15, 0.2) is 47.5 Å². The van der Waals surface area contributed by atoms with E-state index in [4.69, 9.17) is 9.47 Å². The zero-order valence-electron chi connectivity index (χ0n) is 15.8. The molecule has 3 aromatic rings. The summed E-state index contributed by atoms with van der Waals surface area (Å²) in [7, 11) is 1.63. The molecule has 1 aliphatic rings. The molecule has 0 N–H and O–H groups in total.